The fraction of sp³-hybridized carbons (Fsp3) is 0.167. The number of carbonyl (C=O) groups excluding carboxylic acids is 2. The van der Waals surface area contributed by atoms with Crippen molar-refractivity contribution in [2.45, 2.75) is 19.8 Å². The SMILES string of the molecule is Cc1[nH]c(C=C2NC=CN=C2C2C=NNC2=O)c(-c2ccccn2)c1CCC(=O)c1ncc[nH]1. The van der Waals surface area contributed by atoms with E-state index in [4.69, 9.17) is 0 Å². The Morgan fingerprint density at radius 3 is 2.85 bits per heavy atom. The molecule has 0 spiro atoms. The summed E-state index contributed by atoms with van der Waals surface area (Å²) in [6.45, 7) is 1.97. The maximum absolute atomic E-state index is 12.6. The summed E-state index contributed by atoms with van der Waals surface area (Å²) in [5.74, 6) is -0.516. The second kappa shape index (κ2) is 9.10. The molecule has 170 valence electrons. The number of aromatic nitrogens is 4. The first-order valence-electron chi connectivity index (χ1n) is 10.8. The van der Waals surface area contributed by atoms with Crippen molar-refractivity contribution in [3.8, 4) is 11.3 Å². The third-order valence-corrected chi connectivity index (χ3v) is 5.70. The van der Waals surface area contributed by atoms with Crippen molar-refractivity contribution in [1.29, 1.82) is 0 Å². The highest BCUT2D eigenvalue weighted by molar-refractivity contribution is 6.24. The quantitative estimate of drug-likeness (QED) is 0.406. The molecule has 10 heteroatoms. The van der Waals surface area contributed by atoms with E-state index in [0.29, 0.717) is 30.1 Å². The number of hydrogen-bond donors (Lipinski definition) is 4. The lowest BCUT2D eigenvalue weighted by atomic mass is 9.97. The van der Waals surface area contributed by atoms with Crippen LogP contribution in [0.15, 0.2) is 65.0 Å². The highest BCUT2D eigenvalue weighted by Gasteiger charge is 2.30. The third-order valence-electron chi connectivity index (χ3n) is 5.70. The monoisotopic (exact) mass is 454 g/mol. The van der Waals surface area contributed by atoms with Gasteiger partial charge in [-0.15, -0.1) is 0 Å². The van der Waals surface area contributed by atoms with Crippen molar-refractivity contribution < 1.29 is 9.59 Å². The summed E-state index contributed by atoms with van der Waals surface area (Å²) in [6, 6.07) is 5.72. The number of hydrazone groups is 1. The number of rotatable bonds is 7. The predicted octanol–water partition coefficient (Wildman–Crippen LogP) is 2.51. The van der Waals surface area contributed by atoms with E-state index in [2.05, 4.69) is 40.8 Å². The molecule has 0 saturated carbocycles. The summed E-state index contributed by atoms with van der Waals surface area (Å²) in [4.78, 5) is 44.1. The number of aliphatic imine (C=N–C) groups is 1. The molecule has 5 heterocycles. The average Bonchev–Trinajstić information content (AvgIpc) is 3.60. The normalized spacial score (nSPS) is 18.1. The average molecular weight is 454 g/mol. The van der Waals surface area contributed by atoms with E-state index in [1.807, 2.05) is 31.2 Å². The Labute approximate surface area is 195 Å². The van der Waals surface area contributed by atoms with Crippen molar-refractivity contribution in [3.63, 3.8) is 0 Å². The Morgan fingerprint density at radius 2 is 2.12 bits per heavy atom. The number of aryl methyl sites for hydroxylation is 1. The standard InChI is InChI=1S/C24H22N8O2/c1-14-15(5-6-20(33)23-28-10-11-29-23)21(17-4-2-3-7-25-17)18(31-14)12-19-22(27-9-8-26-19)16-13-30-32-24(16)34/h2-4,7-13,16,26,31H,5-6H2,1H3,(H,28,29)(H,32,34). The van der Waals surface area contributed by atoms with Crippen molar-refractivity contribution in [2.75, 3.05) is 0 Å². The number of amides is 1. The molecule has 5 rings (SSSR count). The minimum Gasteiger partial charge on any atom is -0.359 e. The number of aromatic amines is 2. The second-order valence-corrected chi connectivity index (χ2v) is 7.86. The van der Waals surface area contributed by atoms with Crippen molar-refractivity contribution >= 4 is 29.7 Å². The molecule has 0 fully saturated rings. The van der Waals surface area contributed by atoms with Crippen molar-refractivity contribution in [1.82, 2.24) is 30.7 Å². The number of nitrogens with zero attached hydrogens (tertiary/aromatic N) is 4. The Kier molecular flexibility index (Phi) is 5.69. The fourth-order valence-electron chi connectivity index (χ4n) is 4.09. The summed E-state index contributed by atoms with van der Waals surface area (Å²) in [6.07, 6.45) is 12.5. The Morgan fingerprint density at radius 1 is 1.21 bits per heavy atom. The van der Waals surface area contributed by atoms with Crippen LogP contribution in [0.3, 0.4) is 0 Å². The van der Waals surface area contributed by atoms with Gasteiger partial charge in [0.1, 0.15) is 5.92 Å². The van der Waals surface area contributed by atoms with Crippen LogP contribution < -0.4 is 10.7 Å². The van der Waals surface area contributed by atoms with Gasteiger partial charge >= 0.3 is 0 Å². The smallest absolute Gasteiger partial charge is 0.254 e. The lowest BCUT2D eigenvalue weighted by Gasteiger charge is -2.16. The van der Waals surface area contributed by atoms with Gasteiger partial charge in [-0.25, -0.2) is 10.4 Å². The topological polar surface area (TPSA) is 140 Å². The zero-order valence-electron chi connectivity index (χ0n) is 18.4. The van der Waals surface area contributed by atoms with E-state index in [1.165, 1.54) is 0 Å². The number of carbonyl (C=O) groups is 2. The van der Waals surface area contributed by atoms with Crippen LogP contribution in [0.4, 0.5) is 0 Å². The summed E-state index contributed by atoms with van der Waals surface area (Å²) in [5.41, 5.74) is 8.11. The second-order valence-electron chi connectivity index (χ2n) is 7.86. The summed E-state index contributed by atoms with van der Waals surface area (Å²) in [7, 11) is 0. The zero-order chi connectivity index (χ0) is 23.5. The molecule has 0 aliphatic carbocycles. The van der Waals surface area contributed by atoms with E-state index in [9.17, 15) is 9.59 Å². The fourth-order valence-corrected chi connectivity index (χ4v) is 4.09. The Balaban J connectivity index is 1.53. The molecule has 1 atom stereocenters. The van der Waals surface area contributed by atoms with Crippen LogP contribution >= 0.6 is 0 Å². The molecule has 0 aromatic carbocycles. The Bertz CT molecular complexity index is 1350. The van der Waals surface area contributed by atoms with E-state index in [-0.39, 0.29) is 11.7 Å². The van der Waals surface area contributed by atoms with Crippen LogP contribution in [-0.4, -0.2) is 43.6 Å². The van der Waals surface area contributed by atoms with Crippen LogP contribution in [0.1, 0.15) is 34.0 Å². The van der Waals surface area contributed by atoms with Gasteiger partial charge in [-0.05, 0) is 37.1 Å². The number of hydrogen-bond acceptors (Lipinski definition) is 7. The maximum atomic E-state index is 12.6. The molecule has 3 aromatic heterocycles. The van der Waals surface area contributed by atoms with E-state index < -0.39 is 5.92 Å². The first-order valence-corrected chi connectivity index (χ1v) is 10.8. The van der Waals surface area contributed by atoms with Gasteiger partial charge in [0.2, 0.25) is 0 Å². The molecule has 2 aliphatic heterocycles. The number of allylic oxidation sites excluding steroid dienone is 1. The van der Waals surface area contributed by atoms with E-state index >= 15 is 0 Å². The highest BCUT2D eigenvalue weighted by atomic mass is 16.2. The predicted molar refractivity (Wildman–Crippen MR) is 128 cm³/mol. The van der Waals surface area contributed by atoms with Gasteiger partial charge < -0.3 is 15.3 Å². The number of pyridine rings is 1. The molecule has 1 amide bonds. The van der Waals surface area contributed by atoms with Gasteiger partial charge in [0.15, 0.2) is 11.6 Å². The number of nitrogens with one attached hydrogen (secondary N) is 4. The first-order chi connectivity index (χ1) is 16.6. The molecule has 0 radical (unpaired) electrons. The van der Waals surface area contributed by atoms with Crippen LogP contribution in [-0.2, 0) is 11.2 Å². The molecule has 3 aromatic rings. The van der Waals surface area contributed by atoms with Gasteiger partial charge in [0.05, 0.1) is 22.8 Å². The van der Waals surface area contributed by atoms with Crippen molar-refractivity contribution in [3.05, 3.63) is 77.7 Å². The first kappa shape index (κ1) is 21.3. The minimum atomic E-state index is -0.580. The minimum absolute atomic E-state index is 0.0579. The van der Waals surface area contributed by atoms with Gasteiger partial charge in [-0.3, -0.25) is 19.6 Å². The van der Waals surface area contributed by atoms with Crippen LogP contribution in [0, 0.1) is 12.8 Å². The number of Topliss-reactive ketones (excluding diaryl/α,β-unsaturated/α-hetero) is 1. The summed E-state index contributed by atoms with van der Waals surface area (Å²) >= 11 is 0. The molecular weight excluding hydrogens is 432 g/mol. The summed E-state index contributed by atoms with van der Waals surface area (Å²) in [5, 5.41) is 7.06. The molecule has 0 bridgehead atoms. The largest absolute Gasteiger partial charge is 0.359 e. The Hall–Kier alpha value is -4.60. The molecule has 2 aliphatic rings. The van der Waals surface area contributed by atoms with Crippen LogP contribution in [0.25, 0.3) is 17.3 Å². The van der Waals surface area contributed by atoms with E-state index in [1.54, 1.807) is 37.2 Å². The highest BCUT2D eigenvalue weighted by Crippen LogP contribution is 2.32. The van der Waals surface area contributed by atoms with Gasteiger partial charge in [0, 0.05) is 54.9 Å². The van der Waals surface area contributed by atoms with Crippen LogP contribution in [0.5, 0.6) is 0 Å². The molecule has 4 N–H and O–H groups in total. The molecule has 1 unspecified atom stereocenters. The molecular formula is C24H22N8O2. The van der Waals surface area contributed by atoms with E-state index in [0.717, 1.165) is 28.2 Å². The third kappa shape index (κ3) is 4.08. The molecule has 0 saturated heterocycles. The molecule has 34 heavy (non-hydrogen) atoms. The summed E-state index contributed by atoms with van der Waals surface area (Å²) < 4.78 is 0. The maximum Gasteiger partial charge on any atom is 0.254 e. The number of imidazole rings is 1. The van der Waals surface area contributed by atoms with Gasteiger partial charge in [0.25, 0.3) is 5.91 Å². The van der Waals surface area contributed by atoms with Crippen molar-refractivity contribution in [2.24, 2.45) is 16.0 Å². The number of H-pyrrole nitrogens is 2. The molecule has 10 nitrogen and oxygen atoms in total. The number of ketones is 1. The lowest BCUT2D eigenvalue weighted by molar-refractivity contribution is -0.120. The van der Waals surface area contributed by atoms with Gasteiger partial charge in [-0.2, -0.15) is 5.10 Å². The van der Waals surface area contributed by atoms with Crippen LogP contribution in [0.2, 0.25) is 0 Å². The van der Waals surface area contributed by atoms with Gasteiger partial charge in [-0.1, -0.05) is 6.07 Å². The lowest BCUT2D eigenvalue weighted by Crippen LogP contribution is -2.32. The zero-order valence-corrected chi connectivity index (χ0v) is 18.4.